The Bertz CT molecular complexity index is 468. The van der Waals surface area contributed by atoms with Crippen LogP contribution >= 0.6 is 11.6 Å². The number of benzene rings is 1. The minimum Gasteiger partial charge on any atom is -0.342 e. The Morgan fingerprint density at radius 2 is 2.21 bits per heavy atom. The highest BCUT2D eigenvalue weighted by Gasteiger charge is 2.02. The van der Waals surface area contributed by atoms with Crippen molar-refractivity contribution in [2.24, 2.45) is 0 Å². The molecule has 14 heavy (non-hydrogen) atoms. The van der Waals surface area contributed by atoms with Crippen molar-refractivity contribution < 1.29 is 0 Å². The largest absolute Gasteiger partial charge is 0.342 e. The molecule has 0 unspecified atom stereocenters. The summed E-state index contributed by atoms with van der Waals surface area (Å²) in [5.74, 6) is 0. The molecule has 1 nitrogen and oxygen atoms in total. The SMILES string of the molecule is C/C=C/Cn1ccc2cccc(Cl)c21. The number of rotatable bonds is 2. The Kier molecular flexibility index (Phi) is 2.60. The summed E-state index contributed by atoms with van der Waals surface area (Å²) in [6.07, 6.45) is 6.22. The first-order chi connectivity index (χ1) is 6.83. The summed E-state index contributed by atoms with van der Waals surface area (Å²) in [7, 11) is 0. The van der Waals surface area contributed by atoms with Crippen LogP contribution in [0.5, 0.6) is 0 Å². The molecule has 1 aromatic heterocycles. The Labute approximate surface area is 88.6 Å². The van der Waals surface area contributed by atoms with Crippen LogP contribution in [0.3, 0.4) is 0 Å². The van der Waals surface area contributed by atoms with E-state index < -0.39 is 0 Å². The summed E-state index contributed by atoms with van der Waals surface area (Å²) in [5, 5.41) is 2.01. The van der Waals surface area contributed by atoms with Gasteiger partial charge < -0.3 is 4.57 Å². The van der Waals surface area contributed by atoms with Crippen LogP contribution in [0.2, 0.25) is 5.02 Å². The number of halogens is 1. The summed E-state index contributed by atoms with van der Waals surface area (Å²) in [6, 6.07) is 8.07. The number of hydrogen-bond donors (Lipinski definition) is 0. The molecule has 0 radical (unpaired) electrons. The van der Waals surface area contributed by atoms with Crippen molar-refractivity contribution in [3.8, 4) is 0 Å². The zero-order valence-corrected chi connectivity index (χ0v) is 8.83. The minimum absolute atomic E-state index is 0.817. The fraction of sp³-hybridized carbons (Fsp3) is 0.167. The molecule has 2 rings (SSSR count). The Balaban J connectivity index is 2.55. The van der Waals surface area contributed by atoms with Crippen LogP contribution in [0.1, 0.15) is 6.92 Å². The van der Waals surface area contributed by atoms with Gasteiger partial charge in [0.25, 0.3) is 0 Å². The maximum atomic E-state index is 6.14. The van der Waals surface area contributed by atoms with Gasteiger partial charge in [-0.05, 0) is 19.1 Å². The molecule has 2 heteroatoms. The van der Waals surface area contributed by atoms with Crippen molar-refractivity contribution in [2.75, 3.05) is 0 Å². The van der Waals surface area contributed by atoms with Crippen LogP contribution in [-0.4, -0.2) is 4.57 Å². The van der Waals surface area contributed by atoms with Crippen molar-refractivity contribution in [1.29, 1.82) is 0 Å². The lowest BCUT2D eigenvalue weighted by atomic mass is 10.2. The van der Waals surface area contributed by atoms with Gasteiger partial charge in [-0.1, -0.05) is 35.9 Å². The van der Waals surface area contributed by atoms with Crippen LogP contribution in [-0.2, 0) is 6.54 Å². The van der Waals surface area contributed by atoms with E-state index in [-0.39, 0.29) is 0 Å². The maximum Gasteiger partial charge on any atom is 0.0672 e. The van der Waals surface area contributed by atoms with Gasteiger partial charge in [0.2, 0.25) is 0 Å². The highest BCUT2D eigenvalue weighted by molar-refractivity contribution is 6.35. The van der Waals surface area contributed by atoms with Gasteiger partial charge in [0.15, 0.2) is 0 Å². The quantitative estimate of drug-likeness (QED) is 0.656. The second-order valence-electron chi connectivity index (χ2n) is 3.21. The number of aromatic nitrogens is 1. The average molecular weight is 206 g/mol. The minimum atomic E-state index is 0.817. The normalized spacial score (nSPS) is 11.6. The van der Waals surface area contributed by atoms with Gasteiger partial charge in [-0.15, -0.1) is 0 Å². The van der Waals surface area contributed by atoms with Crippen molar-refractivity contribution in [1.82, 2.24) is 4.57 Å². The fourth-order valence-corrected chi connectivity index (χ4v) is 1.88. The zero-order valence-electron chi connectivity index (χ0n) is 8.07. The molecule has 0 aliphatic heterocycles. The van der Waals surface area contributed by atoms with Gasteiger partial charge in [0.05, 0.1) is 10.5 Å². The number of allylic oxidation sites excluding steroid dienone is 2. The molecule has 0 N–H and O–H groups in total. The molecule has 2 aromatic rings. The van der Waals surface area contributed by atoms with Crippen molar-refractivity contribution in [3.05, 3.63) is 47.6 Å². The van der Waals surface area contributed by atoms with Gasteiger partial charge >= 0.3 is 0 Å². The van der Waals surface area contributed by atoms with Crippen LogP contribution in [0.25, 0.3) is 10.9 Å². The van der Waals surface area contributed by atoms with Crippen LogP contribution < -0.4 is 0 Å². The monoisotopic (exact) mass is 205 g/mol. The first kappa shape index (κ1) is 9.35. The highest BCUT2D eigenvalue weighted by atomic mass is 35.5. The lowest BCUT2D eigenvalue weighted by Gasteiger charge is -2.02. The van der Waals surface area contributed by atoms with E-state index in [1.807, 2.05) is 25.1 Å². The fourth-order valence-electron chi connectivity index (χ4n) is 1.59. The zero-order chi connectivity index (χ0) is 9.97. The van der Waals surface area contributed by atoms with Gasteiger partial charge in [-0.2, -0.15) is 0 Å². The van der Waals surface area contributed by atoms with Gasteiger partial charge in [0.1, 0.15) is 0 Å². The third-order valence-electron chi connectivity index (χ3n) is 2.28. The molecule has 0 amide bonds. The Morgan fingerprint density at radius 1 is 1.36 bits per heavy atom. The predicted octanol–water partition coefficient (Wildman–Crippen LogP) is 3.87. The third-order valence-corrected chi connectivity index (χ3v) is 2.58. The third kappa shape index (κ3) is 1.55. The number of para-hydroxylation sites is 1. The first-order valence-electron chi connectivity index (χ1n) is 4.67. The molecule has 1 heterocycles. The molecule has 0 spiro atoms. The molecule has 0 saturated heterocycles. The smallest absolute Gasteiger partial charge is 0.0672 e. The number of fused-ring (bicyclic) bond motifs is 1. The molecule has 0 aliphatic rings. The standard InChI is InChI=1S/C12H12ClN/c1-2-3-8-14-9-7-10-5-4-6-11(13)12(10)14/h2-7,9H,8H2,1H3/b3-2+. The van der Waals surface area contributed by atoms with E-state index in [0.717, 1.165) is 17.1 Å². The molecular formula is C12H12ClN. The first-order valence-corrected chi connectivity index (χ1v) is 5.05. The van der Waals surface area contributed by atoms with Crippen molar-refractivity contribution in [3.63, 3.8) is 0 Å². The highest BCUT2D eigenvalue weighted by Crippen LogP contribution is 2.24. The van der Waals surface area contributed by atoms with Crippen LogP contribution in [0, 0.1) is 0 Å². The molecule has 0 fully saturated rings. The predicted molar refractivity (Wildman–Crippen MR) is 61.8 cm³/mol. The van der Waals surface area contributed by atoms with Crippen molar-refractivity contribution >= 4 is 22.5 Å². The molecule has 0 aliphatic carbocycles. The average Bonchev–Trinajstić information content (AvgIpc) is 2.59. The maximum absolute atomic E-state index is 6.14. The van der Waals surface area contributed by atoms with Crippen molar-refractivity contribution in [2.45, 2.75) is 13.5 Å². The lowest BCUT2D eigenvalue weighted by Crippen LogP contribution is -1.92. The van der Waals surface area contributed by atoms with Gasteiger partial charge in [-0.3, -0.25) is 0 Å². The van der Waals surface area contributed by atoms with E-state index in [4.69, 9.17) is 11.6 Å². The van der Waals surface area contributed by atoms with E-state index in [2.05, 4.69) is 29.0 Å². The topological polar surface area (TPSA) is 4.93 Å². The molecular weight excluding hydrogens is 194 g/mol. The van der Waals surface area contributed by atoms with Crippen LogP contribution in [0.4, 0.5) is 0 Å². The number of nitrogens with zero attached hydrogens (tertiary/aromatic N) is 1. The summed E-state index contributed by atoms with van der Waals surface area (Å²) >= 11 is 6.14. The van der Waals surface area contributed by atoms with E-state index in [1.165, 1.54) is 5.39 Å². The van der Waals surface area contributed by atoms with Gasteiger partial charge in [-0.25, -0.2) is 0 Å². The summed E-state index contributed by atoms with van der Waals surface area (Å²) in [5.41, 5.74) is 1.12. The van der Waals surface area contributed by atoms with E-state index in [0.29, 0.717) is 0 Å². The molecule has 72 valence electrons. The second kappa shape index (κ2) is 3.89. The Morgan fingerprint density at radius 3 is 3.00 bits per heavy atom. The second-order valence-corrected chi connectivity index (χ2v) is 3.62. The molecule has 1 aromatic carbocycles. The molecule has 0 saturated carbocycles. The summed E-state index contributed by atoms with van der Waals surface area (Å²) in [6.45, 7) is 2.90. The molecule has 0 atom stereocenters. The lowest BCUT2D eigenvalue weighted by molar-refractivity contribution is 0.862. The molecule has 0 bridgehead atoms. The summed E-state index contributed by atoms with van der Waals surface area (Å²) in [4.78, 5) is 0. The van der Waals surface area contributed by atoms with E-state index in [1.54, 1.807) is 0 Å². The Hall–Kier alpha value is -1.21. The van der Waals surface area contributed by atoms with Crippen LogP contribution in [0.15, 0.2) is 42.6 Å². The summed E-state index contributed by atoms with van der Waals surface area (Å²) < 4.78 is 2.15. The van der Waals surface area contributed by atoms with Gasteiger partial charge in [0, 0.05) is 18.1 Å². The number of hydrogen-bond acceptors (Lipinski definition) is 0. The van der Waals surface area contributed by atoms with E-state index >= 15 is 0 Å². The van der Waals surface area contributed by atoms with E-state index in [9.17, 15) is 0 Å².